The van der Waals surface area contributed by atoms with Crippen molar-refractivity contribution in [1.82, 2.24) is 9.71 Å². The summed E-state index contributed by atoms with van der Waals surface area (Å²) < 4.78 is 25.1. The van der Waals surface area contributed by atoms with Gasteiger partial charge in [-0.05, 0) is 24.5 Å². The van der Waals surface area contributed by atoms with Crippen molar-refractivity contribution in [2.45, 2.75) is 25.8 Å². The second kappa shape index (κ2) is 6.28. The third kappa shape index (κ3) is 3.83. The summed E-state index contributed by atoms with van der Waals surface area (Å²) in [5.41, 5.74) is 7.66. The summed E-state index contributed by atoms with van der Waals surface area (Å²) >= 11 is 0. The smallest absolute Gasteiger partial charge is 0.250 e. The predicted octanol–water partition coefficient (Wildman–Crippen LogP) is 0.894. The number of nitrogens with two attached hydrogens (primary N) is 1. The van der Waals surface area contributed by atoms with Crippen LogP contribution in [0.3, 0.4) is 0 Å². The van der Waals surface area contributed by atoms with Crippen molar-refractivity contribution >= 4 is 26.8 Å². The highest BCUT2D eigenvalue weighted by atomic mass is 32.2. The molecule has 0 fully saturated rings. The molecule has 0 aliphatic heterocycles. The number of aromatic amines is 1. The molecule has 1 aromatic heterocycles. The normalized spacial score (nSPS) is 13.2. The van der Waals surface area contributed by atoms with Crippen molar-refractivity contribution in [3.63, 3.8) is 0 Å². The molecule has 1 heterocycles. The minimum Gasteiger partial charge on any atom is -0.361 e. The second-order valence-corrected chi connectivity index (χ2v) is 6.80. The van der Waals surface area contributed by atoms with Gasteiger partial charge >= 0.3 is 0 Å². The van der Waals surface area contributed by atoms with Gasteiger partial charge < -0.3 is 10.7 Å². The van der Waals surface area contributed by atoms with Crippen molar-refractivity contribution in [3.05, 3.63) is 36.0 Å². The van der Waals surface area contributed by atoms with Crippen LogP contribution >= 0.6 is 0 Å². The topological polar surface area (TPSA) is 105 Å². The Hall–Kier alpha value is -1.86. The van der Waals surface area contributed by atoms with Crippen LogP contribution in [0.1, 0.15) is 18.9 Å². The van der Waals surface area contributed by atoms with Crippen LogP contribution < -0.4 is 10.5 Å². The van der Waals surface area contributed by atoms with E-state index in [1.54, 1.807) is 13.1 Å². The molecule has 114 valence electrons. The first kappa shape index (κ1) is 15.5. The first-order valence-corrected chi connectivity index (χ1v) is 8.43. The molecular weight excluding hydrogens is 290 g/mol. The number of rotatable bonds is 6. The highest BCUT2D eigenvalue weighted by Gasteiger charge is 2.20. The molecule has 0 bridgehead atoms. The van der Waals surface area contributed by atoms with Gasteiger partial charge in [0.25, 0.3) is 5.91 Å². The van der Waals surface area contributed by atoms with E-state index >= 15 is 0 Å². The monoisotopic (exact) mass is 309 g/mol. The predicted molar refractivity (Wildman–Crippen MR) is 82.2 cm³/mol. The fraction of sp³-hybridized carbons (Fsp3) is 0.357. The molecule has 0 unspecified atom stereocenters. The second-order valence-electron chi connectivity index (χ2n) is 4.96. The van der Waals surface area contributed by atoms with Crippen molar-refractivity contribution in [3.8, 4) is 0 Å². The van der Waals surface area contributed by atoms with E-state index in [-0.39, 0.29) is 12.2 Å². The molecule has 0 saturated carbocycles. The van der Waals surface area contributed by atoms with E-state index in [1.807, 2.05) is 29.0 Å². The number of hydrogen-bond acceptors (Lipinski definition) is 4. The van der Waals surface area contributed by atoms with E-state index < -0.39 is 22.0 Å². The molecule has 4 N–H and O–H groups in total. The SMILES string of the molecule is CCCS(=O)(=O)NC(=O)[C@H](N)Cc1c[nH]c2ccccc12. The first-order chi connectivity index (χ1) is 9.93. The van der Waals surface area contributed by atoms with Crippen LogP contribution in [0, 0.1) is 0 Å². The van der Waals surface area contributed by atoms with Gasteiger partial charge in [-0.15, -0.1) is 0 Å². The zero-order chi connectivity index (χ0) is 15.5. The van der Waals surface area contributed by atoms with E-state index in [1.165, 1.54) is 0 Å². The standard InChI is InChI=1S/C14H19N3O3S/c1-2-7-21(19,20)17-14(18)12(15)8-10-9-16-13-6-4-3-5-11(10)13/h3-6,9,12,16H,2,7-8,15H2,1H3,(H,17,18)/t12-/m1/s1. The summed E-state index contributed by atoms with van der Waals surface area (Å²) in [4.78, 5) is 15.0. The molecular formula is C14H19N3O3S. The fourth-order valence-electron chi connectivity index (χ4n) is 2.18. The van der Waals surface area contributed by atoms with Gasteiger partial charge in [0.2, 0.25) is 10.0 Å². The summed E-state index contributed by atoms with van der Waals surface area (Å²) in [7, 11) is -3.58. The highest BCUT2D eigenvalue weighted by Crippen LogP contribution is 2.18. The Labute approximate surface area is 123 Å². The lowest BCUT2D eigenvalue weighted by Crippen LogP contribution is -2.45. The fourth-order valence-corrected chi connectivity index (χ4v) is 3.28. The maximum Gasteiger partial charge on any atom is 0.250 e. The third-order valence-corrected chi connectivity index (χ3v) is 4.64. The minimum atomic E-state index is -3.58. The molecule has 0 aliphatic carbocycles. The number of hydrogen-bond donors (Lipinski definition) is 3. The van der Waals surface area contributed by atoms with Gasteiger partial charge in [0.15, 0.2) is 0 Å². The van der Waals surface area contributed by atoms with E-state index in [2.05, 4.69) is 4.98 Å². The van der Waals surface area contributed by atoms with Gasteiger partial charge in [-0.1, -0.05) is 25.1 Å². The van der Waals surface area contributed by atoms with Crippen LogP contribution in [0.2, 0.25) is 0 Å². The van der Waals surface area contributed by atoms with Crippen LogP contribution in [-0.4, -0.2) is 31.1 Å². The molecule has 1 atom stereocenters. The van der Waals surface area contributed by atoms with Gasteiger partial charge in [-0.3, -0.25) is 9.52 Å². The summed E-state index contributed by atoms with van der Waals surface area (Å²) in [6.45, 7) is 1.73. The molecule has 0 spiro atoms. The maximum atomic E-state index is 11.9. The average Bonchev–Trinajstić information content (AvgIpc) is 2.81. The lowest BCUT2D eigenvalue weighted by atomic mass is 10.1. The number of benzene rings is 1. The lowest BCUT2D eigenvalue weighted by Gasteiger charge is -2.12. The Balaban J connectivity index is 2.07. The summed E-state index contributed by atoms with van der Waals surface area (Å²) in [6, 6.07) is 6.76. The number of fused-ring (bicyclic) bond motifs is 1. The van der Waals surface area contributed by atoms with E-state index in [0.29, 0.717) is 6.42 Å². The van der Waals surface area contributed by atoms with E-state index in [9.17, 15) is 13.2 Å². The van der Waals surface area contributed by atoms with E-state index in [4.69, 9.17) is 5.73 Å². The molecule has 0 radical (unpaired) electrons. The molecule has 6 nitrogen and oxygen atoms in total. The van der Waals surface area contributed by atoms with Crippen LogP contribution in [-0.2, 0) is 21.2 Å². The van der Waals surface area contributed by atoms with Crippen LogP contribution in [0.5, 0.6) is 0 Å². The van der Waals surface area contributed by atoms with Crippen LogP contribution in [0.25, 0.3) is 10.9 Å². The Bertz CT molecular complexity index is 737. The summed E-state index contributed by atoms with van der Waals surface area (Å²) in [5.74, 6) is -0.757. The van der Waals surface area contributed by atoms with Crippen LogP contribution in [0.4, 0.5) is 0 Å². The quantitative estimate of drug-likeness (QED) is 0.737. The number of sulfonamides is 1. The molecule has 2 rings (SSSR count). The summed E-state index contributed by atoms with van der Waals surface area (Å²) in [6.07, 6.45) is 2.51. The molecule has 0 aliphatic rings. The first-order valence-electron chi connectivity index (χ1n) is 6.78. The molecule has 0 saturated heterocycles. The zero-order valence-electron chi connectivity index (χ0n) is 11.8. The van der Waals surface area contributed by atoms with Gasteiger partial charge in [0.05, 0.1) is 11.8 Å². The largest absolute Gasteiger partial charge is 0.361 e. The molecule has 1 aromatic carbocycles. The molecule has 1 amide bonds. The molecule has 7 heteroatoms. The Kier molecular flexibility index (Phi) is 4.64. The van der Waals surface area contributed by atoms with Gasteiger partial charge in [0, 0.05) is 17.1 Å². The number of para-hydroxylation sites is 1. The van der Waals surface area contributed by atoms with Crippen molar-refractivity contribution < 1.29 is 13.2 Å². The highest BCUT2D eigenvalue weighted by molar-refractivity contribution is 7.90. The summed E-state index contributed by atoms with van der Waals surface area (Å²) in [5, 5.41) is 0.983. The Morgan fingerprint density at radius 3 is 2.81 bits per heavy atom. The number of carbonyl (C=O) groups excluding carboxylic acids is 1. The van der Waals surface area contributed by atoms with Crippen molar-refractivity contribution in [1.29, 1.82) is 0 Å². The Morgan fingerprint density at radius 1 is 1.38 bits per heavy atom. The van der Waals surface area contributed by atoms with Gasteiger partial charge in [0.1, 0.15) is 0 Å². The number of aromatic nitrogens is 1. The lowest BCUT2D eigenvalue weighted by molar-refractivity contribution is -0.120. The van der Waals surface area contributed by atoms with Crippen molar-refractivity contribution in [2.75, 3.05) is 5.75 Å². The number of carbonyl (C=O) groups is 1. The van der Waals surface area contributed by atoms with Crippen molar-refractivity contribution in [2.24, 2.45) is 5.73 Å². The molecule has 21 heavy (non-hydrogen) atoms. The van der Waals surface area contributed by atoms with Gasteiger partial charge in [-0.2, -0.15) is 0 Å². The molecule has 2 aromatic rings. The van der Waals surface area contributed by atoms with Gasteiger partial charge in [-0.25, -0.2) is 8.42 Å². The maximum absolute atomic E-state index is 11.9. The number of nitrogens with one attached hydrogen (secondary N) is 2. The number of H-pyrrole nitrogens is 1. The third-order valence-electron chi connectivity index (χ3n) is 3.18. The average molecular weight is 309 g/mol. The minimum absolute atomic E-state index is 0.0848. The Morgan fingerprint density at radius 2 is 2.10 bits per heavy atom. The van der Waals surface area contributed by atoms with Crippen LogP contribution in [0.15, 0.2) is 30.5 Å². The zero-order valence-corrected chi connectivity index (χ0v) is 12.6. The van der Waals surface area contributed by atoms with E-state index in [0.717, 1.165) is 16.5 Å². The number of amides is 1.